The average molecular weight is 422 g/mol. The van der Waals surface area contributed by atoms with Crippen LogP contribution in [0.4, 0.5) is 11.6 Å². The lowest BCUT2D eigenvalue weighted by Gasteiger charge is -2.37. The van der Waals surface area contributed by atoms with Crippen molar-refractivity contribution in [3.8, 4) is 6.07 Å². The van der Waals surface area contributed by atoms with Crippen LogP contribution in [0.1, 0.15) is 11.1 Å². The molecule has 1 fully saturated rings. The van der Waals surface area contributed by atoms with Crippen molar-refractivity contribution in [3.05, 3.63) is 100 Å². The summed E-state index contributed by atoms with van der Waals surface area (Å²) < 4.78 is 1.72. The molecule has 0 aliphatic carbocycles. The minimum atomic E-state index is -0.0798. The van der Waals surface area contributed by atoms with Crippen molar-refractivity contribution in [2.24, 2.45) is 0 Å². The van der Waals surface area contributed by atoms with E-state index in [0.717, 1.165) is 31.7 Å². The summed E-state index contributed by atoms with van der Waals surface area (Å²) in [5.41, 5.74) is 3.22. The lowest BCUT2D eigenvalue weighted by atomic mass is 10.1. The van der Waals surface area contributed by atoms with Crippen LogP contribution in [0.25, 0.3) is 10.9 Å². The maximum absolute atomic E-state index is 13.5. The highest BCUT2D eigenvalue weighted by molar-refractivity contribution is 5.78. The second-order valence-corrected chi connectivity index (χ2v) is 7.90. The number of hydrogen-bond donors (Lipinski definition) is 0. The van der Waals surface area contributed by atoms with Gasteiger partial charge in [0.1, 0.15) is 0 Å². The van der Waals surface area contributed by atoms with Gasteiger partial charge in [-0.2, -0.15) is 5.26 Å². The van der Waals surface area contributed by atoms with Gasteiger partial charge in [0.2, 0.25) is 5.95 Å². The first-order valence-corrected chi connectivity index (χ1v) is 10.8. The maximum atomic E-state index is 13.5. The highest BCUT2D eigenvalue weighted by Gasteiger charge is 2.23. The summed E-state index contributed by atoms with van der Waals surface area (Å²) in [6.45, 7) is 3.54. The van der Waals surface area contributed by atoms with Gasteiger partial charge in [0.15, 0.2) is 0 Å². The SMILES string of the molecule is N#Cc1ccccc1Cn1c(N2CCN(c3ccccc3)CC2)nc2ccccc2c1=O. The van der Waals surface area contributed by atoms with Gasteiger partial charge < -0.3 is 9.80 Å². The Morgan fingerprint density at radius 2 is 1.47 bits per heavy atom. The quantitative estimate of drug-likeness (QED) is 0.503. The lowest BCUT2D eigenvalue weighted by molar-refractivity contribution is 0.612. The number of hydrogen-bond acceptors (Lipinski definition) is 5. The Labute approximate surface area is 186 Å². The van der Waals surface area contributed by atoms with Gasteiger partial charge in [0.25, 0.3) is 5.56 Å². The van der Waals surface area contributed by atoms with Crippen LogP contribution in [0.5, 0.6) is 0 Å². The standard InChI is InChI=1S/C26H23N5O/c27-18-20-8-4-5-9-21(20)19-31-25(32)23-12-6-7-13-24(23)28-26(31)30-16-14-29(15-17-30)22-10-2-1-3-11-22/h1-13H,14-17,19H2. The summed E-state index contributed by atoms with van der Waals surface area (Å²) in [5, 5.41) is 10.1. The van der Waals surface area contributed by atoms with Crippen molar-refractivity contribution in [2.45, 2.75) is 6.54 Å². The molecule has 1 saturated heterocycles. The number of piperazine rings is 1. The van der Waals surface area contributed by atoms with Gasteiger partial charge >= 0.3 is 0 Å². The number of anilines is 2. The molecule has 0 spiro atoms. The maximum Gasteiger partial charge on any atom is 0.263 e. The van der Waals surface area contributed by atoms with Crippen LogP contribution < -0.4 is 15.4 Å². The van der Waals surface area contributed by atoms with E-state index in [2.05, 4.69) is 40.1 Å². The fraction of sp³-hybridized carbons (Fsp3) is 0.192. The number of benzene rings is 3. The molecule has 5 rings (SSSR count). The molecule has 1 aliphatic heterocycles. The van der Waals surface area contributed by atoms with Gasteiger partial charge in [-0.15, -0.1) is 0 Å². The van der Waals surface area contributed by atoms with Crippen LogP contribution in [0, 0.1) is 11.3 Å². The minimum Gasteiger partial charge on any atom is -0.368 e. The Balaban J connectivity index is 1.53. The number of nitrogens with zero attached hydrogens (tertiary/aromatic N) is 5. The van der Waals surface area contributed by atoms with Crippen LogP contribution >= 0.6 is 0 Å². The minimum absolute atomic E-state index is 0.0798. The van der Waals surface area contributed by atoms with Crippen molar-refractivity contribution < 1.29 is 0 Å². The topological polar surface area (TPSA) is 65.2 Å². The zero-order chi connectivity index (χ0) is 21.9. The molecule has 0 N–H and O–H groups in total. The first-order chi connectivity index (χ1) is 15.7. The van der Waals surface area contributed by atoms with E-state index in [1.165, 1.54) is 5.69 Å². The predicted octanol–water partition coefficient (Wildman–Crippen LogP) is 3.64. The molecule has 1 aromatic heterocycles. The number of para-hydroxylation sites is 2. The Morgan fingerprint density at radius 3 is 2.25 bits per heavy atom. The van der Waals surface area contributed by atoms with Crippen LogP contribution in [0.2, 0.25) is 0 Å². The number of fused-ring (bicyclic) bond motifs is 1. The molecule has 6 heteroatoms. The molecule has 32 heavy (non-hydrogen) atoms. The molecular formula is C26H23N5O. The van der Waals surface area contributed by atoms with Crippen LogP contribution in [0.15, 0.2) is 83.7 Å². The monoisotopic (exact) mass is 421 g/mol. The Kier molecular flexibility index (Phi) is 5.30. The van der Waals surface area contributed by atoms with Gasteiger partial charge in [-0.25, -0.2) is 4.98 Å². The molecule has 0 radical (unpaired) electrons. The van der Waals surface area contributed by atoms with Crippen molar-refractivity contribution in [1.82, 2.24) is 9.55 Å². The van der Waals surface area contributed by atoms with Gasteiger partial charge in [-0.1, -0.05) is 48.5 Å². The molecule has 0 bridgehead atoms. The Bertz CT molecular complexity index is 1350. The molecule has 0 atom stereocenters. The molecule has 0 unspecified atom stereocenters. The third-order valence-electron chi connectivity index (χ3n) is 5.99. The molecule has 3 aromatic carbocycles. The van der Waals surface area contributed by atoms with E-state index in [9.17, 15) is 10.1 Å². The van der Waals surface area contributed by atoms with Crippen molar-refractivity contribution in [3.63, 3.8) is 0 Å². The first kappa shape index (κ1) is 19.8. The number of rotatable bonds is 4. The molecular weight excluding hydrogens is 398 g/mol. The molecule has 2 heterocycles. The molecule has 6 nitrogen and oxygen atoms in total. The third-order valence-corrected chi connectivity index (χ3v) is 5.99. The fourth-order valence-corrected chi connectivity index (χ4v) is 4.28. The van der Waals surface area contributed by atoms with E-state index in [-0.39, 0.29) is 5.56 Å². The summed E-state index contributed by atoms with van der Waals surface area (Å²) in [6.07, 6.45) is 0. The highest BCUT2D eigenvalue weighted by Crippen LogP contribution is 2.21. The predicted molar refractivity (Wildman–Crippen MR) is 127 cm³/mol. The van der Waals surface area contributed by atoms with Crippen molar-refractivity contribution in [1.29, 1.82) is 5.26 Å². The first-order valence-electron chi connectivity index (χ1n) is 10.8. The average Bonchev–Trinajstić information content (AvgIpc) is 2.86. The highest BCUT2D eigenvalue weighted by atomic mass is 16.1. The molecule has 1 aliphatic rings. The summed E-state index contributed by atoms with van der Waals surface area (Å²) in [4.78, 5) is 22.9. The largest absolute Gasteiger partial charge is 0.368 e. The van der Waals surface area contributed by atoms with E-state index in [1.54, 1.807) is 10.6 Å². The van der Waals surface area contributed by atoms with Gasteiger partial charge in [-0.05, 0) is 35.9 Å². The van der Waals surface area contributed by atoms with E-state index in [4.69, 9.17) is 4.98 Å². The Hall–Kier alpha value is -4.11. The molecule has 158 valence electrons. The number of aromatic nitrogens is 2. The zero-order valence-corrected chi connectivity index (χ0v) is 17.7. The summed E-state index contributed by atoms with van der Waals surface area (Å²) in [5.74, 6) is 0.661. The third kappa shape index (κ3) is 3.69. The van der Waals surface area contributed by atoms with Crippen LogP contribution in [0.3, 0.4) is 0 Å². The fourth-order valence-electron chi connectivity index (χ4n) is 4.28. The summed E-state index contributed by atoms with van der Waals surface area (Å²) >= 11 is 0. The van der Waals surface area contributed by atoms with E-state index in [1.807, 2.05) is 48.5 Å². The van der Waals surface area contributed by atoms with Crippen molar-refractivity contribution in [2.75, 3.05) is 36.0 Å². The van der Waals surface area contributed by atoms with Gasteiger partial charge in [0, 0.05) is 31.9 Å². The van der Waals surface area contributed by atoms with Crippen LogP contribution in [-0.2, 0) is 6.54 Å². The molecule has 4 aromatic rings. The van der Waals surface area contributed by atoms with Crippen LogP contribution in [-0.4, -0.2) is 35.7 Å². The van der Waals surface area contributed by atoms with Gasteiger partial charge in [-0.3, -0.25) is 9.36 Å². The van der Waals surface area contributed by atoms with E-state index in [0.29, 0.717) is 29.0 Å². The normalized spacial score (nSPS) is 13.8. The van der Waals surface area contributed by atoms with Crippen molar-refractivity contribution >= 4 is 22.5 Å². The van der Waals surface area contributed by atoms with E-state index >= 15 is 0 Å². The second-order valence-electron chi connectivity index (χ2n) is 7.90. The van der Waals surface area contributed by atoms with E-state index < -0.39 is 0 Å². The lowest BCUT2D eigenvalue weighted by Crippen LogP contribution is -2.48. The smallest absolute Gasteiger partial charge is 0.263 e. The van der Waals surface area contributed by atoms with Gasteiger partial charge in [0.05, 0.1) is 29.1 Å². The number of nitriles is 1. The Morgan fingerprint density at radius 1 is 0.812 bits per heavy atom. The molecule has 0 saturated carbocycles. The molecule has 0 amide bonds. The zero-order valence-electron chi connectivity index (χ0n) is 17.7. The summed E-state index contributed by atoms with van der Waals surface area (Å²) in [7, 11) is 0. The summed E-state index contributed by atoms with van der Waals surface area (Å²) in [6, 6.07) is 27.5. The second kappa shape index (κ2) is 8.56.